The van der Waals surface area contributed by atoms with Crippen molar-refractivity contribution in [3.05, 3.63) is 23.8 Å². The van der Waals surface area contributed by atoms with Crippen molar-refractivity contribution in [2.45, 2.75) is 12.3 Å². The second kappa shape index (κ2) is 4.94. The highest BCUT2D eigenvalue weighted by molar-refractivity contribution is 5.46. The number of ether oxygens (including phenoxy) is 3. The molecule has 94 valence electrons. The van der Waals surface area contributed by atoms with Gasteiger partial charge < -0.3 is 19.9 Å². The van der Waals surface area contributed by atoms with Crippen LogP contribution < -0.4 is 15.2 Å². The fraction of sp³-hybridized carbons (Fsp3) is 0.538. The lowest BCUT2D eigenvalue weighted by Crippen LogP contribution is -2.52. The number of hydrogen-bond acceptors (Lipinski definition) is 4. The van der Waals surface area contributed by atoms with E-state index in [2.05, 4.69) is 0 Å². The summed E-state index contributed by atoms with van der Waals surface area (Å²) in [6.07, 6.45) is 0. The molecule has 1 aromatic rings. The van der Waals surface area contributed by atoms with Crippen LogP contribution in [0.2, 0.25) is 0 Å². The molecule has 0 aliphatic carbocycles. The Morgan fingerprint density at radius 2 is 2.12 bits per heavy atom. The van der Waals surface area contributed by atoms with Gasteiger partial charge in [-0.25, -0.2) is 0 Å². The summed E-state index contributed by atoms with van der Waals surface area (Å²) in [5.74, 6) is 1.52. The molecule has 1 saturated heterocycles. The Kier molecular flexibility index (Phi) is 3.54. The maximum absolute atomic E-state index is 5.84. The van der Waals surface area contributed by atoms with E-state index < -0.39 is 0 Å². The molecule has 0 radical (unpaired) electrons. The van der Waals surface area contributed by atoms with Gasteiger partial charge in [0.2, 0.25) is 0 Å². The topological polar surface area (TPSA) is 53.7 Å². The van der Waals surface area contributed by atoms with Crippen LogP contribution in [0.15, 0.2) is 18.2 Å². The van der Waals surface area contributed by atoms with Crippen molar-refractivity contribution < 1.29 is 14.2 Å². The molecule has 2 rings (SSSR count). The summed E-state index contributed by atoms with van der Waals surface area (Å²) in [5.41, 5.74) is 6.95. The normalized spacial score (nSPS) is 17.4. The Morgan fingerprint density at radius 3 is 2.59 bits per heavy atom. The van der Waals surface area contributed by atoms with Gasteiger partial charge in [0.15, 0.2) is 11.5 Å². The van der Waals surface area contributed by atoms with Gasteiger partial charge in [0.05, 0.1) is 32.3 Å². The van der Waals surface area contributed by atoms with Crippen LogP contribution in [-0.4, -0.2) is 33.5 Å². The van der Waals surface area contributed by atoms with Gasteiger partial charge in [-0.2, -0.15) is 0 Å². The first-order valence-electron chi connectivity index (χ1n) is 5.85. The third kappa shape index (κ3) is 2.10. The highest BCUT2D eigenvalue weighted by Crippen LogP contribution is 2.36. The van der Waals surface area contributed by atoms with E-state index in [1.165, 1.54) is 0 Å². The lowest BCUT2D eigenvalue weighted by Gasteiger charge is -2.41. The van der Waals surface area contributed by atoms with Crippen LogP contribution in [0.5, 0.6) is 11.5 Å². The van der Waals surface area contributed by atoms with E-state index in [0.717, 1.165) is 17.1 Å². The maximum Gasteiger partial charge on any atom is 0.161 e. The molecule has 0 atom stereocenters. The molecule has 4 heteroatoms. The third-order valence-electron chi connectivity index (χ3n) is 3.22. The van der Waals surface area contributed by atoms with Gasteiger partial charge in [-0.15, -0.1) is 0 Å². The minimum Gasteiger partial charge on any atom is -0.493 e. The van der Waals surface area contributed by atoms with Crippen molar-refractivity contribution in [3.8, 4) is 11.5 Å². The summed E-state index contributed by atoms with van der Waals surface area (Å²) < 4.78 is 16.1. The summed E-state index contributed by atoms with van der Waals surface area (Å²) in [6, 6.07) is 5.98. The van der Waals surface area contributed by atoms with E-state index in [1.807, 2.05) is 25.1 Å². The number of nitrogens with two attached hydrogens (primary N) is 1. The predicted octanol–water partition coefficient (Wildman–Crippen LogP) is 1.32. The fourth-order valence-corrected chi connectivity index (χ4v) is 2.02. The van der Waals surface area contributed by atoms with Crippen LogP contribution >= 0.6 is 0 Å². The Hall–Kier alpha value is -1.26. The van der Waals surface area contributed by atoms with Crippen molar-refractivity contribution in [1.29, 1.82) is 0 Å². The highest BCUT2D eigenvalue weighted by atomic mass is 16.5. The Bertz CT molecular complexity index is 383. The summed E-state index contributed by atoms with van der Waals surface area (Å²) in [5, 5.41) is 0. The lowest BCUT2D eigenvalue weighted by molar-refractivity contribution is -0.0551. The van der Waals surface area contributed by atoms with E-state index in [4.69, 9.17) is 19.9 Å². The molecule has 1 aromatic carbocycles. The molecule has 1 heterocycles. The minimum atomic E-state index is -0.0436. The van der Waals surface area contributed by atoms with Crippen molar-refractivity contribution in [2.24, 2.45) is 5.73 Å². The first kappa shape index (κ1) is 12.2. The lowest BCUT2D eigenvalue weighted by atomic mass is 9.78. The van der Waals surface area contributed by atoms with Gasteiger partial charge in [-0.3, -0.25) is 0 Å². The molecular formula is C13H19NO3. The van der Waals surface area contributed by atoms with Crippen molar-refractivity contribution in [3.63, 3.8) is 0 Å². The van der Waals surface area contributed by atoms with Crippen LogP contribution in [0.4, 0.5) is 0 Å². The quantitative estimate of drug-likeness (QED) is 0.839. The average Bonchev–Trinajstić information content (AvgIpc) is 2.30. The van der Waals surface area contributed by atoms with Crippen LogP contribution in [0.1, 0.15) is 12.5 Å². The van der Waals surface area contributed by atoms with Gasteiger partial charge in [0.25, 0.3) is 0 Å². The smallest absolute Gasteiger partial charge is 0.161 e. The van der Waals surface area contributed by atoms with Crippen LogP contribution in [0.3, 0.4) is 0 Å². The number of rotatable bonds is 5. The fourth-order valence-electron chi connectivity index (χ4n) is 2.02. The number of hydrogen-bond donors (Lipinski definition) is 1. The first-order chi connectivity index (χ1) is 8.25. The van der Waals surface area contributed by atoms with Gasteiger partial charge >= 0.3 is 0 Å². The Balaban J connectivity index is 2.30. The van der Waals surface area contributed by atoms with Crippen LogP contribution in [0.25, 0.3) is 0 Å². The standard InChI is InChI=1S/C13H19NO3/c1-3-17-11-5-4-10(6-12(11)15-2)13(7-14)8-16-9-13/h4-6H,3,7-9,14H2,1-2H3. The monoisotopic (exact) mass is 237 g/mol. The SMILES string of the molecule is CCOc1ccc(C2(CN)COC2)cc1OC. The van der Waals surface area contributed by atoms with Crippen molar-refractivity contribution in [2.75, 3.05) is 33.5 Å². The molecule has 0 bridgehead atoms. The summed E-state index contributed by atoms with van der Waals surface area (Å²) in [6.45, 7) is 4.53. The van der Waals surface area contributed by atoms with E-state index in [9.17, 15) is 0 Å². The highest BCUT2D eigenvalue weighted by Gasteiger charge is 2.39. The van der Waals surface area contributed by atoms with Crippen LogP contribution in [0, 0.1) is 0 Å². The predicted molar refractivity (Wildman–Crippen MR) is 65.7 cm³/mol. The maximum atomic E-state index is 5.84. The molecule has 1 fully saturated rings. The molecular weight excluding hydrogens is 218 g/mol. The summed E-state index contributed by atoms with van der Waals surface area (Å²) >= 11 is 0. The zero-order valence-corrected chi connectivity index (χ0v) is 10.4. The molecule has 0 unspecified atom stereocenters. The van der Waals surface area contributed by atoms with Gasteiger partial charge in [0, 0.05) is 6.54 Å². The summed E-state index contributed by atoms with van der Waals surface area (Å²) in [7, 11) is 1.65. The molecule has 0 aromatic heterocycles. The first-order valence-corrected chi connectivity index (χ1v) is 5.85. The molecule has 1 aliphatic rings. The minimum absolute atomic E-state index is 0.0436. The zero-order valence-electron chi connectivity index (χ0n) is 10.4. The second-order valence-corrected chi connectivity index (χ2v) is 4.28. The molecule has 1 aliphatic heterocycles. The molecule has 0 spiro atoms. The Labute approximate surface area is 102 Å². The molecule has 2 N–H and O–H groups in total. The van der Waals surface area contributed by atoms with E-state index in [-0.39, 0.29) is 5.41 Å². The zero-order chi connectivity index (χ0) is 12.3. The van der Waals surface area contributed by atoms with Gasteiger partial charge in [-0.05, 0) is 24.6 Å². The van der Waals surface area contributed by atoms with Crippen molar-refractivity contribution in [1.82, 2.24) is 0 Å². The largest absolute Gasteiger partial charge is 0.493 e. The average molecular weight is 237 g/mol. The number of methoxy groups -OCH3 is 1. The second-order valence-electron chi connectivity index (χ2n) is 4.28. The molecule has 17 heavy (non-hydrogen) atoms. The van der Waals surface area contributed by atoms with E-state index in [0.29, 0.717) is 26.4 Å². The van der Waals surface area contributed by atoms with Gasteiger partial charge in [0.1, 0.15) is 0 Å². The van der Waals surface area contributed by atoms with E-state index in [1.54, 1.807) is 7.11 Å². The molecule has 4 nitrogen and oxygen atoms in total. The van der Waals surface area contributed by atoms with Gasteiger partial charge in [-0.1, -0.05) is 6.07 Å². The Morgan fingerprint density at radius 1 is 1.35 bits per heavy atom. The molecule has 0 saturated carbocycles. The summed E-state index contributed by atoms with van der Waals surface area (Å²) in [4.78, 5) is 0. The van der Waals surface area contributed by atoms with Crippen LogP contribution in [-0.2, 0) is 10.2 Å². The van der Waals surface area contributed by atoms with E-state index >= 15 is 0 Å². The molecule has 0 amide bonds. The third-order valence-corrected chi connectivity index (χ3v) is 3.22. The number of benzene rings is 1. The van der Waals surface area contributed by atoms with Crippen molar-refractivity contribution >= 4 is 0 Å².